The van der Waals surface area contributed by atoms with Crippen LogP contribution in [-0.2, 0) is 0 Å². The minimum atomic E-state index is 1.05. The molecule has 0 aliphatic heterocycles. The third kappa shape index (κ3) is 1.98. The van der Waals surface area contributed by atoms with Gasteiger partial charge in [0, 0.05) is 0 Å². The van der Waals surface area contributed by atoms with Crippen molar-refractivity contribution >= 4 is 17.2 Å². The first kappa shape index (κ1) is 14.3. The standard InChI is InChI=1S/C23H22/c1-14(2)21-22(17-9-5-6-10-17)16(4)15(3)20-13-18-11-7-8-12-19(18)23(20)21/h5-9,11-13H,10H2,1-4H3. The lowest BCUT2D eigenvalue weighted by molar-refractivity contribution is 1.22. The van der Waals surface area contributed by atoms with Crippen molar-refractivity contribution in [2.75, 3.05) is 0 Å². The number of fused-ring (bicyclic) bond motifs is 2. The summed E-state index contributed by atoms with van der Waals surface area (Å²) in [5.74, 6) is 0. The maximum Gasteiger partial charge on any atom is -0.00243 e. The highest BCUT2D eigenvalue weighted by Crippen LogP contribution is 2.28. The van der Waals surface area contributed by atoms with Gasteiger partial charge in [0.05, 0.1) is 0 Å². The van der Waals surface area contributed by atoms with Gasteiger partial charge in [0.25, 0.3) is 0 Å². The minimum absolute atomic E-state index is 1.05. The Morgan fingerprint density at radius 1 is 1.00 bits per heavy atom. The molecule has 0 atom stereocenters. The lowest BCUT2D eigenvalue weighted by Gasteiger charge is -2.16. The Morgan fingerprint density at radius 3 is 2.48 bits per heavy atom. The predicted molar refractivity (Wildman–Crippen MR) is 99.3 cm³/mol. The van der Waals surface area contributed by atoms with Crippen molar-refractivity contribution < 1.29 is 0 Å². The van der Waals surface area contributed by atoms with Crippen molar-refractivity contribution in [1.82, 2.24) is 0 Å². The molecule has 0 fully saturated rings. The molecule has 0 aromatic heterocycles. The molecule has 0 heteroatoms. The third-order valence-electron chi connectivity index (χ3n) is 5.23. The highest BCUT2D eigenvalue weighted by molar-refractivity contribution is 5.78. The molecule has 114 valence electrons. The topological polar surface area (TPSA) is 0 Å². The third-order valence-corrected chi connectivity index (χ3v) is 5.23. The number of hydrogen-bond donors (Lipinski definition) is 0. The van der Waals surface area contributed by atoms with E-state index in [2.05, 4.69) is 76.3 Å². The quantitative estimate of drug-likeness (QED) is 0.629. The number of allylic oxidation sites excluding steroid dienone is 4. The van der Waals surface area contributed by atoms with Gasteiger partial charge in [0.2, 0.25) is 0 Å². The molecule has 0 N–H and O–H groups in total. The Morgan fingerprint density at radius 2 is 1.78 bits per heavy atom. The van der Waals surface area contributed by atoms with Gasteiger partial charge < -0.3 is 0 Å². The van der Waals surface area contributed by atoms with E-state index in [0.717, 1.165) is 6.42 Å². The van der Waals surface area contributed by atoms with E-state index in [1.165, 1.54) is 54.3 Å². The van der Waals surface area contributed by atoms with E-state index in [-0.39, 0.29) is 0 Å². The molecule has 0 nitrogen and oxygen atoms in total. The van der Waals surface area contributed by atoms with Gasteiger partial charge >= 0.3 is 0 Å². The van der Waals surface area contributed by atoms with Crippen LogP contribution in [0.15, 0.2) is 42.5 Å². The Kier molecular flexibility index (Phi) is 3.16. The predicted octanol–water partition coefficient (Wildman–Crippen LogP) is 4.27. The van der Waals surface area contributed by atoms with Gasteiger partial charge in [-0.15, -0.1) is 0 Å². The van der Waals surface area contributed by atoms with Gasteiger partial charge in [-0.25, -0.2) is 0 Å². The molecule has 2 aliphatic rings. The Balaban J connectivity index is 2.34. The van der Waals surface area contributed by atoms with Crippen LogP contribution in [0.3, 0.4) is 0 Å². The van der Waals surface area contributed by atoms with Crippen molar-refractivity contribution in [2.24, 2.45) is 0 Å². The number of benzene rings is 2. The maximum atomic E-state index is 2.37. The van der Waals surface area contributed by atoms with Crippen LogP contribution in [0.2, 0.25) is 0 Å². The molecule has 0 radical (unpaired) electrons. The maximum absolute atomic E-state index is 2.37. The summed E-state index contributed by atoms with van der Waals surface area (Å²) in [6, 6.07) is 8.79. The first-order valence-electron chi connectivity index (χ1n) is 8.37. The lowest BCUT2D eigenvalue weighted by Crippen LogP contribution is -2.18. The molecular weight excluding hydrogens is 276 g/mol. The highest BCUT2D eigenvalue weighted by Gasteiger charge is 2.17. The van der Waals surface area contributed by atoms with Crippen LogP contribution in [-0.4, -0.2) is 0 Å². The second kappa shape index (κ2) is 5.09. The van der Waals surface area contributed by atoms with Gasteiger partial charge in [-0.3, -0.25) is 0 Å². The molecule has 0 saturated carbocycles. The van der Waals surface area contributed by atoms with E-state index in [0.29, 0.717) is 0 Å². The Bertz CT molecular complexity index is 1100. The summed E-state index contributed by atoms with van der Waals surface area (Å²) in [6.07, 6.45) is 10.1. The van der Waals surface area contributed by atoms with Crippen LogP contribution in [0, 0.1) is 24.3 Å². The fourth-order valence-corrected chi connectivity index (χ4v) is 4.02. The molecule has 0 unspecified atom stereocenters. The van der Waals surface area contributed by atoms with Crippen molar-refractivity contribution in [3.63, 3.8) is 0 Å². The summed E-state index contributed by atoms with van der Waals surface area (Å²) in [7, 11) is 0. The van der Waals surface area contributed by atoms with Crippen LogP contribution >= 0.6 is 0 Å². The molecule has 23 heavy (non-hydrogen) atoms. The molecule has 2 aromatic carbocycles. The van der Waals surface area contributed by atoms with Crippen LogP contribution in [0.4, 0.5) is 0 Å². The molecule has 0 spiro atoms. The second-order valence-corrected chi connectivity index (χ2v) is 6.84. The summed E-state index contributed by atoms with van der Waals surface area (Å²) in [6.45, 7) is 9.06. The molecule has 0 bridgehead atoms. The zero-order valence-corrected chi connectivity index (χ0v) is 14.3. The van der Waals surface area contributed by atoms with E-state index in [9.17, 15) is 0 Å². The van der Waals surface area contributed by atoms with Gasteiger partial charge in [-0.1, -0.05) is 48.1 Å². The molecular formula is C23H22. The zero-order chi connectivity index (χ0) is 16.1. The van der Waals surface area contributed by atoms with Crippen molar-refractivity contribution in [3.05, 3.63) is 85.6 Å². The summed E-state index contributed by atoms with van der Waals surface area (Å²) in [5, 5.41) is 5.61. The fourth-order valence-electron chi connectivity index (χ4n) is 4.02. The van der Waals surface area contributed by atoms with E-state index in [4.69, 9.17) is 0 Å². The molecule has 2 aliphatic carbocycles. The summed E-state index contributed by atoms with van der Waals surface area (Å²) in [4.78, 5) is 0. The first-order chi connectivity index (χ1) is 11.1. The number of hydrogen-bond acceptors (Lipinski definition) is 0. The minimum Gasteiger partial charge on any atom is -0.0801 e. The Labute approximate surface area is 137 Å². The smallest absolute Gasteiger partial charge is 0.00243 e. The van der Waals surface area contributed by atoms with E-state index < -0.39 is 0 Å². The average Bonchev–Trinajstić information content (AvgIpc) is 3.17. The van der Waals surface area contributed by atoms with Crippen LogP contribution in [0.5, 0.6) is 0 Å². The summed E-state index contributed by atoms with van der Waals surface area (Å²) < 4.78 is 0. The fraction of sp³-hybridized carbons (Fsp3) is 0.217. The van der Waals surface area contributed by atoms with Crippen molar-refractivity contribution in [2.45, 2.75) is 34.1 Å². The molecule has 0 heterocycles. The monoisotopic (exact) mass is 298 g/mol. The van der Waals surface area contributed by atoms with E-state index in [1.54, 1.807) is 0 Å². The highest BCUT2D eigenvalue weighted by atomic mass is 14.2. The van der Waals surface area contributed by atoms with Crippen LogP contribution < -0.4 is 10.4 Å². The summed E-state index contributed by atoms with van der Waals surface area (Å²) in [5.41, 5.74) is 8.57. The Hall–Kier alpha value is -2.34. The van der Waals surface area contributed by atoms with Crippen LogP contribution in [0.1, 0.15) is 42.5 Å². The van der Waals surface area contributed by atoms with Crippen molar-refractivity contribution in [1.29, 1.82) is 0 Å². The van der Waals surface area contributed by atoms with Gasteiger partial charge in [0.15, 0.2) is 0 Å². The van der Waals surface area contributed by atoms with Gasteiger partial charge in [-0.2, -0.15) is 0 Å². The average molecular weight is 298 g/mol. The SMILES string of the molecule is CC(C)=c1c(C2=CC=CC2)c(C)c(C)c2c1=c1ccccc1=C2. The molecule has 0 amide bonds. The van der Waals surface area contributed by atoms with Gasteiger partial charge in [0.1, 0.15) is 0 Å². The first-order valence-corrected chi connectivity index (χ1v) is 8.37. The largest absolute Gasteiger partial charge is 0.0801 e. The van der Waals surface area contributed by atoms with E-state index >= 15 is 0 Å². The lowest BCUT2D eigenvalue weighted by atomic mass is 9.88. The van der Waals surface area contributed by atoms with E-state index in [1.807, 2.05) is 0 Å². The van der Waals surface area contributed by atoms with Crippen LogP contribution in [0.25, 0.3) is 17.2 Å². The van der Waals surface area contributed by atoms with Crippen molar-refractivity contribution in [3.8, 4) is 0 Å². The summed E-state index contributed by atoms with van der Waals surface area (Å²) >= 11 is 0. The number of rotatable bonds is 1. The zero-order valence-electron chi connectivity index (χ0n) is 14.3. The molecule has 4 rings (SSSR count). The molecule has 2 aromatic rings. The normalized spacial score (nSPS) is 14.3. The second-order valence-electron chi connectivity index (χ2n) is 6.84. The van der Waals surface area contributed by atoms with Gasteiger partial charge in [-0.05, 0) is 88.9 Å². The molecule has 0 saturated heterocycles.